The number of benzene rings is 2. The summed E-state index contributed by atoms with van der Waals surface area (Å²) in [6, 6.07) is 13.6. The van der Waals surface area contributed by atoms with E-state index in [2.05, 4.69) is 5.32 Å². The molecule has 2 aromatic rings. The topological polar surface area (TPSA) is 56.5 Å². The van der Waals surface area contributed by atoms with Gasteiger partial charge in [0.2, 0.25) is 0 Å². The average Bonchev–Trinajstić information content (AvgIpc) is 2.43. The van der Waals surface area contributed by atoms with Gasteiger partial charge in [-0.05, 0) is 30.7 Å². The molecule has 0 radical (unpaired) electrons. The molecule has 0 bridgehead atoms. The number of nitrogens with one attached hydrogen (secondary N) is 1. The van der Waals surface area contributed by atoms with Gasteiger partial charge < -0.3 is 20.5 Å². The van der Waals surface area contributed by atoms with Gasteiger partial charge in [-0.2, -0.15) is 0 Å². The smallest absolute Gasteiger partial charge is 0.122 e. The molecule has 2 rings (SSSR count). The molecule has 0 unspecified atom stereocenters. The van der Waals surface area contributed by atoms with Gasteiger partial charge >= 0.3 is 0 Å². The van der Waals surface area contributed by atoms with E-state index >= 15 is 0 Å². The van der Waals surface area contributed by atoms with Crippen LogP contribution in [0.25, 0.3) is 0 Å². The van der Waals surface area contributed by atoms with E-state index in [1.54, 1.807) is 13.2 Å². The van der Waals surface area contributed by atoms with Crippen LogP contribution in [0.5, 0.6) is 11.5 Å². The first-order chi connectivity index (χ1) is 9.67. The van der Waals surface area contributed by atoms with Crippen molar-refractivity contribution in [3.05, 3.63) is 48.0 Å². The minimum Gasteiger partial charge on any atom is -0.497 e. The van der Waals surface area contributed by atoms with Crippen LogP contribution >= 0.6 is 0 Å². The lowest BCUT2D eigenvalue weighted by Gasteiger charge is -2.11. The summed E-state index contributed by atoms with van der Waals surface area (Å²) in [6.45, 7) is 3.32. The molecule has 0 fully saturated rings. The van der Waals surface area contributed by atoms with E-state index in [0.29, 0.717) is 18.8 Å². The summed E-state index contributed by atoms with van der Waals surface area (Å²) >= 11 is 0. The predicted octanol–water partition coefficient (Wildman–Crippen LogP) is 3.08. The van der Waals surface area contributed by atoms with Crippen molar-refractivity contribution in [2.75, 3.05) is 31.3 Å². The number of hydrogen-bond acceptors (Lipinski definition) is 4. The van der Waals surface area contributed by atoms with Crippen molar-refractivity contribution < 1.29 is 9.47 Å². The molecule has 3 N–H and O–H groups in total. The van der Waals surface area contributed by atoms with Gasteiger partial charge in [0.05, 0.1) is 7.11 Å². The number of hydrogen-bond donors (Lipinski definition) is 2. The van der Waals surface area contributed by atoms with Crippen LogP contribution in [-0.4, -0.2) is 20.3 Å². The van der Waals surface area contributed by atoms with Crippen LogP contribution in [0.3, 0.4) is 0 Å². The largest absolute Gasteiger partial charge is 0.497 e. The van der Waals surface area contributed by atoms with Crippen LogP contribution in [0.1, 0.15) is 5.56 Å². The number of methoxy groups -OCH3 is 1. The molecule has 0 amide bonds. The van der Waals surface area contributed by atoms with E-state index in [0.717, 1.165) is 17.2 Å². The zero-order valence-electron chi connectivity index (χ0n) is 11.8. The normalized spacial score (nSPS) is 10.1. The summed E-state index contributed by atoms with van der Waals surface area (Å²) in [6.07, 6.45) is 0. The SMILES string of the molecule is COc1cc(N)cc(NCCOc2cccc(C)c2)c1. The Labute approximate surface area is 119 Å². The molecular formula is C16H20N2O2. The summed E-state index contributed by atoms with van der Waals surface area (Å²) in [4.78, 5) is 0. The Hall–Kier alpha value is -2.36. The van der Waals surface area contributed by atoms with Crippen LogP contribution in [0, 0.1) is 6.92 Å². The fourth-order valence-electron chi connectivity index (χ4n) is 1.91. The van der Waals surface area contributed by atoms with Crippen LogP contribution in [0.15, 0.2) is 42.5 Å². The molecule has 20 heavy (non-hydrogen) atoms. The van der Waals surface area contributed by atoms with Crippen LogP contribution < -0.4 is 20.5 Å². The highest BCUT2D eigenvalue weighted by molar-refractivity contribution is 5.59. The number of nitrogen functional groups attached to an aromatic ring is 1. The summed E-state index contributed by atoms with van der Waals surface area (Å²) in [5, 5.41) is 3.26. The highest BCUT2D eigenvalue weighted by atomic mass is 16.5. The second kappa shape index (κ2) is 6.70. The molecule has 0 aromatic heterocycles. The third kappa shape index (κ3) is 4.09. The Bertz CT molecular complexity index is 570. The second-order valence-electron chi connectivity index (χ2n) is 4.59. The minimum atomic E-state index is 0.584. The highest BCUT2D eigenvalue weighted by Crippen LogP contribution is 2.22. The molecule has 0 aliphatic heterocycles. The summed E-state index contributed by atoms with van der Waals surface area (Å²) in [5.74, 6) is 1.63. The maximum Gasteiger partial charge on any atom is 0.122 e. The fourth-order valence-corrected chi connectivity index (χ4v) is 1.91. The Morgan fingerprint density at radius 1 is 1.10 bits per heavy atom. The van der Waals surface area contributed by atoms with Gasteiger partial charge in [0.15, 0.2) is 0 Å². The van der Waals surface area contributed by atoms with E-state index < -0.39 is 0 Å². The van der Waals surface area contributed by atoms with Crippen molar-refractivity contribution in [1.82, 2.24) is 0 Å². The maximum atomic E-state index is 5.80. The van der Waals surface area contributed by atoms with Crippen LogP contribution in [0.4, 0.5) is 11.4 Å². The lowest BCUT2D eigenvalue weighted by Crippen LogP contribution is -2.11. The lowest BCUT2D eigenvalue weighted by atomic mass is 10.2. The first kappa shape index (κ1) is 14.1. The molecule has 0 aliphatic carbocycles. The van der Waals surface area contributed by atoms with Gasteiger partial charge in [-0.25, -0.2) is 0 Å². The number of anilines is 2. The molecule has 4 heteroatoms. The van der Waals surface area contributed by atoms with E-state index in [1.165, 1.54) is 5.56 Å². The van der Waals surface area contributed by atoms with Gasteiger partial charge in [-0.3, -0.25) is 0 Å². The summed E-state index contributed by atoms with van der Waals surface area (Å²) < 4.78 is 10.8. The highest BCUT2D eigenvalue weighted by Gasteiger charge is 1.99. The van der Waals surface area contributed by atoms with Crippen molar-refractivity contribution >= 4 is 11.4 Å². The zero-order chi connectivity index (χ0) is 14.4. The Morgan fingerprint density at radius 2 is 1.95 bits per heavy atom. The van der Waals surface area contributed by atoms with Crippen molar-refractivity contribution in [3.8, 4) is 11.5 Å². The van der Waals surface area contributed by atoms with E-state index in [-0.39, 0.29) is 0 Å². The number of ether oxygens (including phenoxy) is 2. The fraction of sp³-hybridized carbons (Fsp3) is 0.250. The van der Waals surface area contributed by atoms with Crippen LogP contribution in [0.2, 0.25) is 0 Å². The molecular weight excluding hydrogens is 252 g/mol. The summed E-state index contributed by atoms with van der Waals surface area (Å²) in [5.41, 5.74) is 8.58. The Morgan fingerprint density at radius 3 is 2.70 bits per heavy atom. The molecule has 106 valence electrons. The predicted molar refractivity (Wildman–Crippen MR) is 82.6 cm³/mol. The van der Waals surface area contributed by atoms with E-state index in [1.807, 2.05) is 43.3 Å². The molecule has 0 aliphatic rings. The molecule has 0 atom stereocenters. The number of aryl methyl sites for hydroxylation is 1. The zero-order valence-corrected chi connectivity index (χ0v) is 11.8. The maximum absolute atomic E-state index is 5.80. The van der Waals surface area contributed by atoms with Crippen molar-refractivity contribution in [3.63, 3.8) is 0 Å². The lowest BCUT2D eigenvalue weighted by molar-refractivity contribution is 0.332. The quantitative estimate of drug-likeness (QED) is 0.627. The minimum absolute atomic E-state index is 0.584. The van der Waals surface area contributed by atoms with Crippen molar-refractivity contribution in [1.29, 1.82) is 0 Å². The molecule has 0 saturated heterocycles. The molecule has 0 heterocycles. The molecule has 4 nitrogen and oxygen atoms in total. The Kier molecular flexibility index (Phi) is 4.71. The van der Waals surface area contributed by atoms with Gasteiger partial charge in [0, 0.05) is 30.1 Å². The first-order valence-electron chi connectivity index (χ1n) is 6.55. The van der Waals surface area contributed by atoms with Crippen molar-refractivity contribution in [2.45, 2.75) is 6.92 Å². The molecule has 2 aromatic carbocycles. The van der Waals surface area contributed by atoms with Crippen LogP contribution in [-0.2, 0) is 0 Å². The third-order valence-electron chi connectivity index (χ3n) is 2.85. The van der Waals surface area contributed by atoms with E-state index in [4.69, 9.17) is 15.2 Å². The number of rotatable bonds is 6. The first-order valence-corrected chi connectivity index (χ1v) is 6.55. The van der Waals surface area contributed by atoms with E-state index in [9.17, 15) is 0 Å². The standard InChI is InChI=1S/C16H20N2O2/c1-12-4-3-5-15(8-12)20-7-6-18-14-9-13(17)10-16(11-14)19-2/h3-5,8-11,18H,6-7,17H2,1-2H3. The van der Waals surface area contributed by atoms with Gasteiger partial charge in [0.1, 0.15) is 18.1 Å². The van der Waals surface area contributed by atoms with Gasteiger partial charge in [-0.1, -0.05) is 12.1 Å². The second-order valence-corrected chi connectivity index (χ2v) is 4.59. The monoisotopic (exact) mass is 272 g/mol. The number of nitrogens with two attached hydrogens (primary N) is 1. The molecule has 0 saturated carbocycles. The Balaban J connectivity index is 1.82. The van der Waals surface area contributed by atoms with Crippen molar-refractivity contribution in [2.24, 2.45) is 0 Å². The van der Waals surface area contributed by atoms with Gasteiger partial charge in [0.25, 0.3) is 0 Å². The third-order valence-corrected chi connectivity index (χ3v) is 2.85. The molecule has 0 spiro atoms. The average molecular weight is 272 g/mol. The summed E-state index contributed by atoms with van der Waals surface area (Å²) in [7, 11) is 1.62. The van der Waals surface area contributed by atoms with Gasteiger partial charge in [-0.15, -0.1) is 0 Å².